The Balaban J connectivity index is 2.05. The molecule has 1 N–H and O–H groups in total. The minimum absolute atomic E-state index is 0.0335. The van der Waals surface area contributed by atoms with Crippen molar-refractivity contribution in [1.29, 1.82) is 0 Å². The number of ether oxygens (including phenoxy) is 1. The van der Waals surface area contributed by atoms with E-state index in [0.717, 1.165) is 24.2 Å². The fraction of sp³-hybridized carbons (Fsp3) is 0.692. The van der Waals surface area contributed by atoms with E-state index in [-0.39, 0.29) is 6.10 Å². The molecule has 0 spiro atoms. The van der Waals surface area contributed by atoms with Gasteiger partial charge in [-0.25, -0.2) is 4.79 Å². The summed E-state index contributed by atoms with van der Waals surface area (Å²) in [5, 5.41) is 13.4. The van der Waals surface area contributed by atoms with Crippen LogP contribution < -0.4 is 0 Å². The summed E-state index contributed by atoms with van der Waals surface area (Å²) in [4.78, 5) is 10.8. The van der Waals surface area contributed by atoms with Crippen molar-refractivity contribution in [3.63, 3.8) is 0 Å². The van der Waals surface area contributed by atoms with Crippen LogP contribution in [-0.4, -0.2) is 33.1 Å². The minimum Gasteiger partial charge on any atom is -0.479 e. The number of hydrogen-bond acceptors (Lipinski definition) is 3. The third-order valence-electron chi connectivity index (χ3n) is 3.64. The molecule has 0 bridgehead atoms. The molecule has 1 aliphatic heterocycles. The van der Waals surface area contributed by atoms with Crippen molar-refractivity contribution in [3.05, 3.63) is 17.0 Å². The second-order valence-electron chi connectivity index (χ2n) is 4.85. The SMILES string of the molecule is CCc1c(C)nn(CC2CCC(C(=O)O)O2)c1C. The van der Waals surface area contributed by atoms with Gasteiger partial charge in [-0.05, 0) is 38.7 Å². The summed E-state index contributed by atoms with van der Waals surface area (Å²) in [5.41, 5.74) is 3.50. The summed E-state index contributed by atoms with van der Waals surface area (Å²) >= 11 is 0. The van der Waals surface area contributed by atoms with E-state index in [4.69, 9.17) is 9.84 Å². The summed E-state index contributed by atoms with van der Waals surface area (Å²) in [6.07, 6.45) is 1.68. The van der Waals surface area contributed by atoms with Gasteiger partial charge in [0.25, 0.3) is 0 Å². The van der Waals surface area contributed by atoms with Crippen LogP contribution in [0.25, 0.3) is 0 Å². The first-order valence-electron chi connectivity index (χ1n) is 6.44. The molecule has 1 aliphatic rings. The van der Waals surface area contributed by atoms with Crippen LogP contribution in [0.3, 0.4) is 0 Å². The second kappa shape index (κ2) is 5.10. The first-order chi connectivity index (χ1) is 8.52. The number of carbonyl (C=O) groups is 1. The molecule has 5 heteroatoms. The van der Waals surface area contributed by atoms with Gasteiger partial charge in [0.2, 0.25) is 0 Å². The van der Waals surface area contributed by atoms with Crippen LogP contribution in [0.2, 0.25) is 0 Å². The van der Waals surface area contributed by atoms with E-state index >= 15 is 0 Å². The largest absolute Gasteiger partial charge is 0.479 e. The zero-order chi connectivity index (χ0) is 13.3. The average molecular weight is 252 g/mol. The predicted octanol–water partition coefficient (Wildman–Crippen LogP) is 1.69. The number of nitrogens with zero attached hydrogens (tertiary/aromatic N) is 2. The molecular formula is C13H20N2O3. The molecule has 0 amide bonds. The topological polar surface area (TPSA) is 64.4 Å². The molecule has 0 aromatic carbocycles. The van der Waals surface area contributed by atoms with Gasteiger partial charge in [-0.15, -0.1) is 0 Å². The van der Waals surface area contributed by atoms with Crippen molar-refractivity contribution in [2.45, 2.75) is 58.8 Å². The van der Waals surface area contributed by atoms with Gasteiger partial charge in [0.15, 0.2) is 6.10 Å². The summed E-state index contributed by atoms with van der Waals surface area (Å²) in [5.74, 6) is -0.861. The Kier molecular flexibility index (Phi) is 3.71. The molecule has 5 nitrogen and oxygen atoms in total. The Morgan fingerprint density at radius 3 is 2.72 bits per heavy atom. The fourth-order valence-corrected chi connectivity index (χ4v) is 2.64. The van der Waals surface area contributed by atoms with Crippen LogP contribution >= 0.6 is 0 Å². The molecule has 2 rings (SSSR count). The van der Waals surface area contributed by atoms with E-state index < -0.39 is 12.1 Å². The van der Waals surface area contributed by atoms with Gasteiger partial charge in [-0.3, -0.25) is 4.68 Å². The van der Waals surface area contributed by atoms with Crippen LogP contribution in [0.1, 0.15) is 36.7 Å². The molecule has 0 aliphatic carbocycles. The first-order valence-corrected chi connectivity index (χ1v) is 6.44. The number of hydrogen-bond donors (Lipinski definition) is 1. The molecule has 1 saturated heterocycles. The van der Waals surface area contributed by atoms with Crippen molar-refractivity contribution in [1.82, 2.24) is 9.78 Å². The predicted molar refractivity (Wildman–Crippen MR) is 66.6 cm³/mol. The molecule has 0 saturated carbocycles. The van der Waals surface area contributed by atoms with Gasteiger partial charge in [0.1, 0.15) is 0 Å². The summed E-state index contributed by atoms with van der Waals surface area (Å²) in [7, 11) is 0. The van der Waals surface area contributed by atoms with Gasteiger partial charge in [-0.1, -0.05) is 6.92 Å². The highest BCUT2D eigenvalue weighted by molar-refractivity contribution is 5.72. The molecule has 2 atom stereocenters. The van der Waals surface area contributed by atoms with E-state index in [1.54, 1.807) is 0 Å². The van der Waals surface area contributed by atoms with E-state index in [1.807, 2.05) is 11.6 Å². The summed E-state index contributed by atoms with van der Waals surface area (Å²) in [6, 6.07) is 0. The average Bonchev–Trinajstić information content (AvgIpc) is 2.86. The lowest BCUT2D eigenvalue weighted by atomic mass is 10.1. The van der Waals surface area contributed by atoms with Crippen LogP contribution in [0.15, 0.2) is 0 Å². The van der Waals surface area contributed by atoms with Crippen molar-refractivity contribution in [3.8, 4) is 0 Å². The molecule has 100 valence electrons. The zero-order valence-electron chi connectivity index (χ0n) is 11.1. The van der Waals surface area contributed by atoms with Crippen LogP contribution in [0, 0.1) is 13.8 Å². The van der Waals surface area contributed by atoms with E-state index in [0.29, 0.717) is 13.0 Å². The van der Waals surface area contributed by atoms with Crippen molar-refractivity contribution < 1.29 is 14.6 Å². The third kappa shape index (κ3) is 2.41. The maximum atomic E-state index is 10.8. The van der Waals surface area contributed by atoms with Crippen LogP contribution in [0.5, 0.6) is 0 Å². The maximum absolute atomic E-state index is 10.8. The number of carboxylic acids is 1. The summed E-state index contributed by atoms with van der Waals surface area (Å²) < 4.78 is 7.45. The van der Waals surface area contributed by atoms with Crippen LogP contribution in [0.4, 0.5) is 0 Å². The highest BCUT2D eigenvalue weighted by atomic mass is 16.5. The Morgan fingerprint density at radius 2 is 2.22 bits per heavy atom. The Hall–Kier alpha value is -1.36. The Labute approximate surface area is 107 Å². The molecule has 1 fully saturated rings. The molecule has 1 aromatic rings. The van der Waals surface area contributed by atoms with Gasteiger partial charge >= 0.3 is 5.97 Å². The van der Waals surface area contributed by atoms with E-state index in [1.165, 1.54) is 5.56 Å². The van der Waals surface area contributed by atoms with Crippen molar-refractivity contribution >= 4 is 5.97 Å². The van der Waals surface area contributed by atoms with Crippen molar-refractivity contribution in [2.24, 2.45) is 0 Å². The molecule has 2 unspecified atom stereocenters. The highest BCUT2D eigenvalue weighted by Crippen LogP contribution is 2.22. The number of aliphatic carboxylic acids is 1. The second-order valence-corrected chi connectivity index (χ2v) is 4.85. The highest BCUT2D eigenvalue weighted by Gasteiger charge is 2.31. The van der Waals surface area contributed by atoms with E-state index in [9.17, 15) is 4.79 Å². The Bertz CT molecular complexity index is 453. The standard InChI is InChI=1S/C13H20N2O3/c1-4-11-8(2)14-15(9(11)3)7-10-5-6-12(18-10)13(16)17/h10,12H,4-7H2,1-3H3,(H,16,17). The zero-order valence-corrected chi connectivity index (χ0v) is 11.1. The van der Waals surface area contributed by atoms with E-state index in [2.05, 4.69) is 18.9 Å². The molecular weight excluding hydrogens is 232 g/mol. The lowest BCUT2D eigenvalue weighted by Gasteiger charge is -2.12. The molecule has 2 heterocycles. The number of carboxylic acid groups (broad SMARTS) is 1. The number of aryl methyl sites for hydroxylation is 1. The smallest absolute Gasteiger partial charge is 0.332 e. The molecule has 18 heavy (non-hydrogen) atoms. The van der Waals surface area contributed by atoms with Crippen molar-refractivity contribution in [2.75, 3.05) is 0 Å². The number of aromatic nitrogens is 2. The first kappa shape index (κ1) is 13.1. The van der Waals surface area contributed by atoms with Gasteiger partial charge in [0.05, 0.1) is 18.3 Å². The van der Waals surface area contributed by atoms with Gasteiger partial charge < -0.3 is 9.84 Å². The monoisotopic (exact) mass is 252 g/mol. The fourth-order valence-electron chi connectivity index (χ4n) is 2.64. The maximum Gasteiger partial charge on any atom is 0.332 e. The molecule has 1 aromatic heterocycles. The Morgan fingerprint density at radius 1 is 1.50 bits per heavy atom. The third-order valence-corrected chi connectivity index (χ3v) is 3.64. The lowest BCUT2D eigenvalue weighted by Crippen LogP contribution is -2.23. The minimum atomic E-state index is -0.861. The normalized spacial score (nSPS) is 23.5. The number of rotatable bonds is 4. The van der Waals surface area contributed by atoms with Gasteiger partial charge in [0, 0.05) is 5.69 Å². The molecule has 0 radical (unpaired) electrons. The lowest BCUT2D eigenvalue weighted by molar-refractivity contribution is -0.149. The van der Waals surface area contributed by atoms with Gasteiger partial charge in [-0.2, -0.15) is 5.10 Å². The van der Waals surface area contributed by atoms with Crippen LogP contribution in [-0.2, 0) is 22.5 Å². The summed E-state index contributed by atoms with van der Waals surface area (Å²) in [6.45, 7) is 6.84. The quantitative estimate of drug-likeness (QED) is 0.885.